The highest BCUT2D eigenvalue weighted by Crippen LogP contribution is 2.29. The Balaban J connectivity index is 1.86. The molecule has 7 heteroatoms. The van der Waals surface area contributed by atoms with Gasteiger partial charge in [-0.15, -0.1) is 0 Å². The second kappa shape index (κ2) is 8.84. The zero-order chi connectivity index (χ0) is 20.1. The van der Waals surface area contributed by atoms with Crippen LogP contribution in [0.3, 0.4) is 0 Å². The topological polar surface area (TPSA) is 67.3 Å². The molecule has 1 aromatic heterocycles. The van der Waals surface area contributed by atoms with Gasteiger partial charge in [0.1, 0.15) is 5.75 Å². The van der Waals surface area contributed by atoms with Crippen LogP contribution in [0.1, 0.15) is 19.4 Å². The largest absolute Gasteiger partial charge is 0.287 e. The minimum absolute atomic E-state index is 0.00507. The number of carbonyl (C=O) groups is 1. The number of para-hydroxylation sites is 1. The molecule has 0 aliphatic heterocycles. The van der Waals surface area contributed by atoms with Crippen molar-refractivity contribution < 1.29 is 13.2 Å². The summed E-state index contributed by atoms with van der Waals surface area (Å²) in [6.45, 7) is 4.06. The van der Waals surface area contributed by atoms with Gasteiger partial charge in [-0.05, 0) is 30.0 Å². The molecular formula is C21H24N2O3S2. The summed E-state index contributed by atoms with van der Waals surface area (Å²) >= 11 is 1.41. The van der Waals surface area contributed by atoms with Crippen LogP contribution in [-0.4, -0.2) is 37.4 Å². The summed E-state index contributed by atoms with van der Waals surface area (Å²) in [7, 11) is -3.46. The molecule has 148 valence electrons. The molecule has 5 nitrogen and oxygen atoms in total. The zero-order valence-electron chi connectivity index (χ0n) is 16.0. The summed E-state index contributed by atoms with van der Waals surface area (Å²) < 4.78 is 25.7. The van der Waals surface area contributed by atoms with E-state index in [0.717, 1.165) is 15.8 Å². The Morgan fingerprint density at radius 1 is 1.07 bits per heavy atom. The summed E-state index contributed by atoms with van der Waals surface area (Å²) in [5.74, 6) is -0.922. The lowest BCUT2D eigenvalue weighted by atomic mass is 10.1. The van der Waals surface area contributed by atoms with Gasteiger partial charge in [0.25, 0.3) is 0 Å². The average molecular weight is 417 g/mol. The zero-order valence-corrected chi connectivity index (χ0v) is 17.7. The molecule has 0 aliphatic carbocycles. The predicted octanol–water partition coefficient (Wildman–Crippen LogP) is 3.94. The number of rotatable bonds is 8. The third kappa shape index (κ3) is 5.39. The molecule has 0 bridgehead atoms. The van der Waals surface area contributed by atoms with E-state index in [1.54, 1.807) is 0 Å². The number of hydrogen-bond acceptors (Lipinski definition) is 5. The summed E-state index contributed by atoms with van der Waals surface area (Å²) in [5, 5.41) is 0.543. The number of thiazole rings is 1. The molecule has 3 aromatic rings. The van der Waals surface area contributed by atoms with Crippen LogP contribution < -0.4 is 4.90 Å². The van der Waals surface area contributed by atoms with Crippen molar-refractivity contribution in [2.45, 2.75) is 20.3 Å². The normalized spacial score (nSPS) is 11.8. The third-order valence-electron chi connectivity index (χ3n) is 4.21. The van der Waals surface area contributed by atoms with Crippen LogP contribution in [0.25, 0.3) is 10.2 Å². The first-order chi connectivity index (χ1) is 13.3. The number of amides is 1. The fourth-order valence-electron chi connectivity index (χ4n) is 3.02. The van der Waals surface area contributed by atoms with Gasteiger partial charge in [0.05, 0.1) is 16.0 Å². The molecule has 2 aromatic carbocycles. The van der Waals surface area contributed by atoms with Crippen LogP contribution in [0, 0.1) is 5.92 Å². The van der Waals surface area contributed by atoms with E-state index in [1.807, 2.05) is 68.4 Å². The molecule has 0 atom stereocenters. The number of nitrogens with zero attached hydrogens (tertiary/aromatic N) is 2. The molecule has 0 N–H and O–H groups in total. The maximum Gasteiger partial charge on any atom is 0.243 e. The first kappa shape index (κ1) is 20.5. The highest BCUT2D eigenvalue weighted by atomic mass is 32.2. The van der Waals surface area contributed by atoms with Gasteiger partial charge in [0, 0.05) is 6.54 Å². The van der Waals surface area contributed by atoms with Crippen molar-refractivity contribution in [1.29, 1.82) is 0 Å². The number of carbonyl (C=O) groups excluding carboxylic acids is 1. The first-order valence-corrected chi connectivity index (χ1v) is 11.9. The quantitative estimate of drug-likeness (QED) is 0.558. The molecule has 1 amide bonds. The molecule has 0 saturated heterocycles. The smallest absolute Gasteiger partial charge is 0.243 e. The van der Waals surface area contributed by atoms with Crippen LogP contribution in [0.4, 0.5) is 5.13 Å². The second-order valence-corrected chi connectivity index (χ2v) is 10.3. The molecule has 0 aliphatic rings. The highest BCUT2D eigenvalue weighted by Gasteiger charge is 2.25. The van der Waals surface area contributed by atoms with Crippen LogP contribution in [0.2, 0.25) is 0 Å². The Morgan fingerprint density at radius 3 is 2.43 bits per heavy atom. The van der Waals surface area contributed by atoms with Gasteiger partial charge in [-0.2, -0.15) is 0 Å². The summed E-state index contributed by atoms with van der Waals surface area (Å²) in [6, 6.07) is 17.5. The molecular weight excluding hydrogens is 392 g/mol. The van der Waals surface area contributed by atoms with E-state index >= 15 is 0 Å². The van der Waals surface area contributed by atoms with E-state index in [4.69, 9.17) is 0 Å². The number of anilines is 1. The van der Waals surface area contributed by atoms with E-state index in [0.29, 0.717) is 18.1 Å². The van der Waals surface area contributed by atoms with Gasteiger partial charge in [-0.1, -0.05) is 67.6 Å². The Hall–Kier alpha value is -2.25. The SMILES string of the molecule is CC(C)CS(=O)(=O)CC(=O)N(CCc1ccccc1)c1nc2ccccc2s1. The predicted molar refractivity (Wildman–Crippen MR) is 116 cm³/mol. The Morgan fingerprint density at radius 2 is 1.75 bits per heavy atom. The average Bonchev–Trinajstić information content (AvgIpc) is 3.04. The van der Waals surface area contributed by atoms with Gasteiger partial charge in [-0.25, -0.2) is 13.4 Å². The minimum atomic E-state index is -3.46. The lowest BCUT2D eigenvalue weighted by Crippen LogP contribution is -2.38. The molecule has 0 fully saturated rings. The Labute approximate surface area is 169 Å². The molecule has 0 saturated carbocycles. The van der Waals surface area contributed by atoms with Crippen molar-refractivity contribution in [2.75, 3.05) is 23.0 Å². The van der Waals surface area contributed by atoms with Gasteiger partial charge in [0.15, 0.2) is 15.0 Å². The van der Waals surface area contributed by atoms with Crippen molar-refractivity contribution >= 4 is 42.4 Å². The van der Waals surface area contributed by atoms with E-state index in [1.165, 1.54) is 16.2 Å². The van der Waals surface area contributed by atoms with E-state index in [-0.39, 0.29) is 11.7 Å². The molecule has 28 heavy (non-hydrogen) atoms. The number of aromatic nitrogens is 1. The van der Waals surface area contributed by atoms with Gasteiger partial charge in [0.2, 0.25) is 5.91 Å². The molecule has 1 heterocycles. The van der Waals surface area contributed by atoms with Crippen molar-refractivity contribution in [3.05, 3.63) is 60.2 Å². The highest BCUT2D eigenvalue weighted by molar-refractivity contribution is 7.92. The summed E-state index contributed by atoms with van der Waals surface area (Å²) in [4.78, 5) is 19.0. The lowest BCUT2D eigenvalue weighted by molar-refractivity contribution is -0.116. The van der Waals surface area contributed by atoms with E-state index in [9.17, 15) is 13.2 Å². The summed E-state index contributed by atoms with van der Waals surface area (Å²) in [5.41, 5.74) is 1.90. The maximum atomic E-state index is 13.0. The van der Waals surface area contributed by atoms with E-state index in [2.05, 4.69) is 4.98 Å². The van der Waals surface area contributed by atoms with Crippen molar-refractivity contribution in [3.63, 3.8) is 0 Å². The van der Waals surface area contributed by atoms with Crippen molar-refractivity contribution in [1.82, 2.24) is 4.98 Å². The molecule has 0 unspecified atom stereocenters. The maximum absolute atomic E-state index is 13.0. The van der Waals surface area contributed by atoms with Gasteiger partial charge < -0.3 is 0 Å². The number of sulfone groups is 1. The molecule has 3 rings (SSSR count). The molecule has 0 spiro atoms. The van der Waals surface area contributed by atoms with E-state index < -0.39 is 21.5 Å². The van der Waals surface area contributed by atoms with Crippen molar-refractivity contribution in [3.8, 4) is 0 Å². The third-order valence-corrected chi connectivity index (χ3v) is 7.13. The Bertz CT molecular complexity index is 1010. The van der Waals surface area contributed by atoms with Crippen LogP contribution >= 0.6 is 11.3 Å². The van der Waals surface area contributed by atoms with Crippen LogP contribution in [0.5, 0.6) is 0 Å². The first-order valence-electron chi connectivity index (χ1n) is 9.24. The molecule has 0 radical (unpaired) electrons. The number of hydrogen-bond donors (Lipinski definition) is 0. The van der Waals surface area contributed by atoms with Gasteiger partial charge >= 0.3 is 0 Å². The number of fused-ring (bicyclic) bond motifs is 1. The standard InChI is InChI=1S/C21H24N2O3S2/c1-16(2)14-28(25,26)15-20(24)23(13-12-17-8-4-3-5-9-17)21-22-18-10-6-7-11-19(18)27-21/h3-11,16H,12-15H2,1-2H3. The summed E-state index contributed by atoms with van der Waals surface area (Å²) in [6.07, 6.45) is 0.632. The lowest BCUT2D eigenvalue weighted by Gasteiger charge is -2.20. The van der Waals surface area contributed by atoms with Crippen LogP contribution in [-0.2, 0) is 21.1 Å². The minimum Gasteiger partial charge on any atom is -0.287 e. The second-order valence-electron chi connectivity index (χ2n) is 7.19. The van der Waals surface area contributed by atoms with Gasteiger partial charge in [-0.3, -0.25) is 9.69 Å². The van der Waals surface area contributed by atoms with Crippen LogP contribution in [0.15, 0.2) is 54.6 Å². The monoisotopic (exact) mass is 416 g/mol. The number of benzene rings is 2. The van der Waals surface area contributed by atoms with Crippen molar-refractivity contribution in [2.24, 2.45) is 5.92 Å². The fraction of sp³-hybridized carbons (Fsp3) is 0.333. The fourth-order valence-corrected chi connectivity index (χ4v) is 5.70. The Kier molecular flexibility index (Phi) is 6.46.